The van der Waals surface area contributed by atoms with Crippen LogP contribution in [-0.2, 0) is 6.42 Å². The molecule has 2 rings (SSSR count). The Labute approximate surface area is 123 Å². The van der Waals surface area contributed by atoms with E-state index in [0.717, 1.165) is 13.0 Å². The zero-order chi connectivity index (χ0) is 14.6. The number of nitrogens with one attached hydrogen (secondary N) is 1. The van der Waals surface area contributed by atoms with Crippen molar-refractivity contribution in [1.82, 2.24) is 5.32 Å². The van der Waals surface area contributed by atoms with Gasteiger partial charge in [0.15, 0.2) is 0 Å². The second kappa shape index (κ2) is 6.41. The Kier molecular flexibility index (Phi) is 4.82. The van der Waals surface area contributed by atoms with Gasteiger partial charge in [-0.05, 0) is 67.1 Å². The van der Waals surface area contributed by atoms with Gasteiger partial charge in [-0.2, -0.15) is 0 Å². The smallest absolute Gasteiger partial charge is 0.00468 e. The molecule has 0 aromatic heterocycles. The van der Waals surface area contributed by atoms with E-state index in [-0.39, 0.29) is 0 Å². The van der Waals surface area contributed by atoms with Crippen molar-refractivity contribution < 1.29 is 0 Å². The first-order valence-electron chi connectivity index (χ1n) is 7.65. The molecule has 1 heteroatoms. The first-order chi connectivity index (χ1) is 9.53. The van der Waals surface area contributed by atoms with E-state index in [4.69, 9.17) is 0 Å². The van der Waals surface area contributed by atoms with Crippen LogP contribution < -0.4 is 5.32 Å². The first-order valence-corrected chi connectivity index (χ1v) is 7.65. The van der Waals surface area contributed by atoms with E-state index in [2.05, 4.69) is 62.5 Å². The Morgan fingerprint density at radius 3 is 2.35 bits per heavy atom. The van der Waals surface area contributed by atoms with Crippen LogP contribution in [0.25, 0.3) is 10.8 Å². The van der Waals surface area contributed by atoms with Gasteiger partial charge in [0.2, 0.25) is 0 Å². The van der Waals surface area contributed by atoms with Crippen LogP contribution in [0.15, 0.2) is 36.4 Å². The van der Waals surface area contributed by atoms with Gasteiger partial charge < -0.3 is 5.32 Å². The number of hydrogen-bond acceptors (Lipinski definition) is 1. The lowest BCUT2D eigenvalue weighted by Gasteiger charge is -2.25. The molecule has 2 aromatic carbocycles. The fourth-order valence-corrected chi connectivity index (χ4v) is 2.79. The zero-order valence-corrected chi connectivity index (χ0v) is 13.3. The van der Waals surface area contributed by atoms with Gasteiger partial charge in [-0.1, -0.05) is 50.2 Å². The lowest BCUT2D eigenvalue weighted by molar-refractivity contribution is 0.306. The summed E-state index contributed by atoms with van der Waals surface area (Å²) in [6.45, 7) is 8.05. The molecule has 0 spiro atoms. The number of benzene rings is 2. The fraction of sp³-hybridized carbons (Fsp3) is 0.474. The average Bonchev–Trinajstić information content (AvgIpc) is 2.45. The minimum atomic E-state index is 0.398. The van der Waals surface area contributed by atoms with Crippen LogP contribution in [-0.4, -0.2) is 13.6 Å². The predicted molar refractivity (Wildman–Crippen MR) is 89.3 cm³/mol. The second-order valence-corrected chi connectivity index (χ2v) is 6.60. The summed E-state index contributed by atoms with van der Waals surface area (Å²) in [4.78, 5) is 0. The molecule has 0 aliphatic heterocycles. The van der Waals surface area contributed by atoms with E-state index in [0.29, 0.717) is 5.41 Å². The van der Waals surface area contributed by atoms with Gasteiger partial charge in [0.05, 0.1) is 0 Å². The fourth-order valence-electron chi connectivity index (χ4n) is 2.79. The maximum absolute atomic E-state index is 3.26. The van der Waals surface area contributed by atoms with Gasteiger partial charge in [0.25, 0.3) is 0 Å². The maximum atomic E-state index is 3.26. The van der Waals surface area contributed by atoms with Crippen LogP contribution in [0.5, 0.6) is 0 Å². The second-order valence-electron chi connectivity index (χ2n) is 6.60. The molecule has 0 fully saturated rings. The summed E-state index contributed by atoms with van der Waals surface area (Å²) in [5.74, 6) is 0. The summed E-state index contributed by atoms with van der Waals surface area (Å²) < 4.78 is 0. The molecule has 0 saturated heterocycles. The van der Waals surface area contributed by atoms with Gasteiger partial charge in [0, 0.05) is 0 Å². The summed E-state index contributed by atoms with van der Waals surface area (Å²) in [6.07, 6.45) is 3.63. The van der Waals surface area contributed by atoms with Gasteiger partial charge in [0.1, 0.15) is 0 Å². The SMILES string of the molecule is CNCCC(C)(C)CCc1ccc(C)c2ccccc12. The van der Waals surface area contributed by atoms with Crippen LogP contribution in [0, 0.1) is 12.3 Å². The van der Waals surface area contributed by atoms with E-state index in [9.17, 15) is 0 Å². The quantitative estimate of drug-likeness (QED) is 0.800. The van der Waals surface area contributed by atoms with Gasteiger partial charge in [-0.15, -0.1) is 0 Å². The van der Waals surface area contributed by atoms with E-state index in [1.165, 1.54) is 34.7 Å². The van der Waals surface area contributed by atoms with Crippen molar-refractivity contribution in [3.05, 3.63) is 47.5 Å². The molecule has 0 atom stereocenters. The Morgan fingerprint density at radius 2 is 1.65 bits per heavy atom. The largest absolute Gasteiger partial charge is 0.320 e. The van der Waals surface area contributed by atoms with Crippen molar-refractivity contribution in [2.24, 2.45) is 5.41 Å². The molecule has 1 N–H and O–H groups in total. The highest BCUT2D eigenvalue weighted by atomic mass is 14.8. The molecule has 0 aliphatic carbocycles. The van der Waals surface area contributed by atoms with Crippen molar-refractivity contribution in [1.29, 1.82) is 0 Å². The van der Waals surface area contributed by atoms with Gasteiger partial charge in [-0.3, -0.25) is 0 Å². The van der Waals surface area contributed by atoms with Crippen molar-refractivity contribution in [3.8, 4) is 0 Å². The maximum Gasteiger partial charge on any atom is -0.00468 e. The van der Waals surface area contributed by atoms with Gasteiger partial charge in [-0.25, -0.2) is 0 Å². The number of fused-ring (bicyclic) bond motifs is 1. The Balaban J connectivity index is 2.16. The van der Waals surface area contributed by atoms with E-state index in [1.807, 2.05) is 7.05 Å². The number of aryl methyl sites for hydroxylation is 2. The third-order valence-electron chi connectivity index (χ3n) is 4.36. The third kappa shape index (κ3) is 3.61. The summed E-state index contributed by atoms with van der Waals surface area (Å²) in [6, 6.07) is 13.4. The molecule has 0 bridgehead atoms. The topological polar surface area (TPSA) is 12.0 Å². The van der Waals surface area contributed by atoms with Crippen LogP contribution in [0.3, 0.4) is 0 Å². The summed E-state index contributed by atoms with van der Waals surface area (Å²) in [5.41, 5.74) is 3.26. The van der Waals surface area contributed by atoms with E-state index >= 15 is 0 Å². The third-order valence-corrected chi connectivity index (χ3v) is 4.36. The van der Waals surface area contributed by atoms with Crippen LogP contribution >= 0.6 is 0 Å². The van der Waals surface area contributed by atoms with Crippen LogP contribution in [0.2, 0.25) is 0 Å². The molecule has 0 amide bonds. The molecular formula is C19H27N. The Morgan fingerprint density at radius 1 is 0.950 bits per heavy atom. The zero-order valence-electron chi connectivity index (χ0n) is 13.3. The Bertz CT molecular complexity index is 569. The van der Waals surface area contributed by atoms with Gasteiger partial charge >= 0.3 is 0 Å². The molecule has 20 heavy (non-hydrogen) atoms. The molecule has 0 aliphatic rings. The van der Waals surface area contributed by atoms with Crippen molar-refractivity contribution in [3.63, 3.8) is 0 Å². The number of rotatable bonds is 6. The lowest BCUT2D eigenvalue weighted by atomic mass is 9.82. The minimum absolute atomic E-state index is 0.398. The van der Waals surface area contributed by atoms with Crippen LogP contribution in [0.4, 0.5) is 0 Å². The minimum Gasteiger partial charge on any atom is -0.320 e. The Hall–Kier alpha value is -1.34. The molecule has 1 nitrogen and oxygen atoms in total. The van der Waals surface area contributed by atoms with Crippen LogP contribution in [0.1, 0.15) is 37.8 Å². The highest BCUT2D eigenvalue weighted by molar-refractivity contribution is 5.88. The molecule has 0 heterocycles. The predicted octanol–water partition coefficient (Wildman–Crippen LogP) is 4.72. The van der Waals surface area contributed by atoms with Crippen molar-refractivity contribution in [2.45, 2.75) is 40.0 Å². The highest BCUT2D eigenvalue weighted by Gasteiger charge is 2.17. The molecule has 0 unspecified atom stereocenters. The normalized spacial score (nSPS) is 12.0. The lowest BCUT2D eigenvalue weighted by Crippen LogP contribution is -2.20. The monoisotopic (exact) mass is 269 g/mol. The van der Waals surface area contributed by atoms with Crippen molar-refractivity contribution in [2.75, 3.05) is 13.6 Å². The highest BCUT2D eigenvalue weighted by Crippen LogP contribution is 2.29. The van der Waals surface area contributed by atoms with E-state index in [1.54, 1.807) is 0 Å². The van der Waals surface area contributed by atoms with Crippen molar-refractivity contribution >= 4 is 10.8 Å². The summed E-state index contributed by atoms with van der Waals surface area (Å²) >= 11 is 0. The average molecular weight is 269 g/mol. The summed E-state index contributed by atoms with van der Waals surface area (Å²) in [5, 5.41) is 6.09. The number of hydrogen-bond donors (Lipinski definition) is 1. The molecule has 108 valence electrons. The molecular weight excluding hydrogens is 242 g/mol. The van der Waals surface area contributed by atoms with E-state index < -0.39 is 0 Å². The molecule has 0 saturated carbocycles. The first kappa shape index (κ1) is 15.1. The molecule has 2 aromatic rings. The standard InChI is InChI=1S/C19H27N/c1-15-9-10-16(18-8-6-5-7-17(15)18)11-12-19(2,3)13-14-20-4/h5-10,20H,11-14H2,1-4H3. The summed E-state index contributed by atoms with van der Waals surface area (Å²) in [7, 11) is 2.03. The molecule has 0 radical (unpaired) electrons.